The number of likely N-dealkylation sites (N-methyl/N-ethyl adjacent to an activating group) is 1. The van der Waals surface area contributed by atoms with E-state index in [0.29, 0.717) is 18.0 Å². The Kier molecular flexibility index (Phi) is 4.72. The van der Waals surface area contributed by atoms with Gasteiger partial charge in [-0.2, -0.15) is 0 Å². The van der Waals surface area contributed by atoms with E-state index < -0.39 is 4.92 Å². The Bertz CT molecular complexity index is 458. The summed E-state index contributed by atoms with van der Waals surface area (Å²) in [5, 5.41) is 14.1. The van der Waals surface area contributed by atoms with E-state index in [1.807, 2.05) is 14.1 Å². The van der Waals surface area contributed by atoms with Crippen LogP contribution in [0.1, 0.15) is 13.8 Å². The molecule has 0 radical (unpaired) electrons. The fourth-order valence-corrected chi connectivity index (χ4v) is 1.41. The Morgan fingerprint density at radius 3 is 2.53 bits per heavy atom. The van der Waals surface area contributed by atoms with Gasteiger partial charge in [0, 0.05) is 24.2 Å². The summed E-state index contributed by atoms with van der Waals surface area (Å²) >= 11 is 0. The van der Waals surface area contributed by atoms with Crippen molar-refractivity contribution < 1.29 is 9.66 Å². The second-order valence-corrected chi connectivity index (χ2v) is 5.20. The summed E-state index contributed by atoms with van der Waals surface area (Å²) in [6.07, 6.45) is 0. The third-order valence-corrected chi connectivity index (χ3v) is 3.32. The van der Waals surface area contributed by atoms with E-state index in [2.05, 4.69) is 24.1 Å². The number of nitro groups is 1. The number of nitrogens with zero attached hydrogens (tertiary/aromatic N) is 2. The second-order valence-electron chi connectivity index (χ2n) is 5.20. The molecule has 6 heteroatoms. The third kappa shape index (κ3) is 3.82. The molecule has 0 spiro atoms. The van der Waals surface area contributed by atoms with Gasteiger partial charge in [0.2, 0.25) is 0 Å². The van der Waals surface area contributed by atoms with Crippen LogP contribution in [-0.4, -0.2) is 43.1 Å². The largest absolute Gasteiger partial charge is 0.497 e. The highest BCUT2D eigenvalue weighted by Gasteiger charge is 2.22. The predicted octanol–water partition coefficient (Wildman–Crippen LogP) is 2.36. The van der Waals surface area contributed by atoms with E-state index in [9.17, 15) is 10.1 Å². The first-order valence-electron chi connectivity index (χ1n) is 6.01. The molecule has 0 aliphatic carbocycles. The zero-order valence-electron chi connectivity index (χ0n) is 12.1. The van der Waals surface area contributed by atoms with E-state index >= 15 is 0 Å². The van der Waals surface area contributed by atoms with Gasteiger partial charge in [-0.15, -0.1) is 0 Å². The van der Waals surface area contributed by atoms with Crippen molar-refractivity contribution in [3.8, 4) is 5.75 Å². The molecule has 0 aliphatic heterocycles. The molecule has 6 nitrogen and oxygen atoms in total. The quantitative estimate of drug-likeness (QED) is 0.633. The highest BCUT2D eigenvalue weighted by Crippen LogP contribution is 2.29. The number of anilines is 1. The predicted molar refractivity (Wildman–Crippen MR) is 75.9 cm³/mol. The molecule has 0 heterocycles. The minimum atomic E-state index is -0.398. The molecule has 0 fully saturated rings. The van der Waals surface area contributed by atoms with E-state index in [-0.39, 0.29) is 11.2 Å². The van der Waals surface area contributed by atoms with Crippen LogP contribution in [0.4, 0.5) is 11.4 Å². The van der Waals surface area contributed by atoms with Crippen molar-refractivity contribution in [3.63, 3.8) is 0 Å². The molecule has 1 aromatic carbocycles. The molecule has 1 rings (SSSR count). The van der Waals surface area contributed by atoms with E-state index in [4.69, 9.17) is 4.74 Å². The van der Waals surface area contributed by atoms with Crippen LogP contribution < -0.4 is 10.1 Å². The van der Waals surface area contributed by atoms with Gasteiger partial charge in [-0.25, -0.2) is 0 Å². The number of ether oxygens (including phenoxy) is 1. The van der Waals surface area contributed by atoms with E-state index in [1.54, 1.807) is 12.1 Å². The first-order valence-corrected chi connectivity index (χ1v) is 6.01. The number of rotatable bonds is 6. The topological polar surface area (TPSA) is 67.6 Å². The van der Waals surface area contributed by atoms with Crippen molar-refractivity contribution in [2.45, 2.75) is 19.4 Å². The van der Waals surface area contributed by atoms with E-state index in [0.717, 1.165) is 0 Å². The summed E-state index contributed by atoms with van der Waals surface area (Å²) in [5.41, 5.74) is 0.409. The molecule has 1 aromatic rings. The van der Waals surface area contributed by atoms with Crippen LogP contribution in [0.2, 0.25) is 0 Å². The first kappa shape index (κ1) is 15.2. The SMILES string of the molecule is COc1ccc([N+](=O)[O-])c(NCC(C)(C)N(C)C)c1. The zero-order valence-corrected chi connectivity index (χ0v) is 12.1. The minimum Gasteiger partial charge on any atom is -0.497 e. The van der Waals surface area contributed by atoms with Crippen LogP contribution in [0, 0.1) is 10.1 Å². The number of methoxy groups -OCH3 is 1. The average Bonchev–Trinajstić information content (AvgIpc) is 2.35. The van der Waals surface area contributed by atoms with Gasteiger partial charge in [0.1, 0.15) is 11.4 Å². The smallest absolute Gasteiger partial charge is 0.292 e. The van der Waals surface area contributed by atoms with Crippen molar-refractivity contribution in [2.24, 2.45) is 0 Å². The molecular weight excluding hydrogens is 246 g/mol. The number of hydrogen-bond acceptors (Lipinski definition) is 5. The van der Waals surface area contributed by atoms with E-state index in [1.165, 1.54) is 13.2 Å². The Morgan fingerprint density at radius 2 is 2.05 bits per heavy atom. The maximum Gasteiger partial charge on any atom is 0.292 e. The van der Waals surface area contributed by atoms with Crippen molar-refractivity contribution in [2.75, 3.05) is 33.1 Å². The summed E-state index contributed by atoms with van der Waals surface area (Å²) in [5.74, 6) is 0.593. The first-order chi connectivity index (χ1) is 8.77. The van der Waals surface area contributed by atoms with Gasteiger partial charge in [0.05, 0.1) is 12.0 Å². The fraction of sp³-hybridized carbons (Fsp3) is 0.538. The number of benzene rings is 1. The lowest BCUT2D eigenvalue weighted by Gasteiger charge is -2.32. The lowest BCUT2D eigenvalue weighted by atomic mass is 10.0. The summed E-state index contributed by atoms with van der Waals surface area (Å²) < 4.78 is 5.10. The van der Waals surface area contributed by atoms with Gasteiger partial charge in [-0.1, -0.05) is 0 Å². The van der Waals surface area contributed by atoms with Gasteiger partial charge in [-0.3, -0.25) is 10.1 Å². The summed E-state index contributed by atoms with van der Waals surface area (Å²) in [4.78, 5) is 12.7. The van der Waals surface area contributed by atoms with Crippen molar-refractivity contribution in [1.29, 1.82) is 0 Å². The van der Waals surface area contributed by atoms with Gasteiger partial charge < -0.3 is 15.0 Å². The molecule has 0 atom stereocenters. The highest BCUT2D eigenvalue weighted by atomic mass is 16.6. The maximum absolute atomic E-state index is 11.0. The van der Waals surface area contributed by atoms with Crippen molar-refractivity contribution in [3.05, 3.63) is 28.3 Å². The number of hydrogen-bond donors (Lipinski definition) is 1. The third-order valence-electron chi connectivity index (χ3n) is 3.32. The van der Waals surface area contributed by atoms with Gasteiger partial charge in [-0.05, 0) is 34.0 Å². The lowest BCUT2D eigenvalue weighted by Crippen LogP contribution is -2.44. The van der Waals surface area contributed by atoms with Crippen LogP contribution in [0.3, 0.4) is 0 Å². The lowest BCUT2D eigenvalue weighted by molar-refractivity contribution is -0.384. The average molecular weight is 267 g/mol. The maximum atomic E-state index is 11.0. The molecular formula is C13H21N3O3. The van der Waals surface area contributed by atoms with Crippen LogP contribution in [0.25, 0.3) is 0 Å². The second kappa shape index (κ2) is 5.88. The van der Waals surface area contributed by atoms with Crippen molar-refractivity contribution >= 4 is 11.4 Å². The standard InChI is InChI=1S/C13H21N3O3/c1-13(2,15(3)4)9-14-11-8-10(19-5)6-7-12(11)16(17)18/h6-8,14H,9H2,1-5H3. The number of nitrogens with one attached hydrogen (secondary N) is 1. The molecule has 0 aromatic heterocycles. The molecule has 0 unspecified atom stereocenters. The summed E-state index contributed by atoms with van der Waals surface area (Å²) in [7, 11) is 5.48. The Hall–Kier alpha value is -1.82. The fourth-order valence-electron chi connectivity index (χ4n) is 1.41. The Labute approximate surface area is 113 Å². The van der Waals surface area contributed by atoms with Crippen molar-refractivity contribution in [1.82, 2.24) is 4.90 Å². The highest BCUT2D eigenvalue weighted by molar-refractivity contribution is 5.64. The minimum absolute atomic E-state index is 0.0513. The molecule has 0 bridgehead atoms. The molecule has 19 heavy (non-hydrogen) atoms. The van der Waals surface area contributed by atoms with Gasteiger partial charge in [0.15, 0.2) is 0 Å². The summed E-state index contributed by atoms with van der Waals surface area (Å²) in [6.45, 7) is 4.71. The van der Waals surface area contributed by atoms with Crippen LogP contribution in [0.5, 0.6) is 5.75 Å². The Morgan fingerprint density at radius 1 is 1.42 bits per heavy atom. The monoisotopic (exact) mass is 267 g/mol. The van der Waals surface area contributed by atoms with Crippen LogP contribution in [0.15, 0.2) is 18.2 Å². The molecule has 0 amide bonds. The Balaban J connectivity index is 2.95. The molecule has 0 saturated heterocycles. The normalized spacial score (nSPS) is 11.5. The molecule has 0 aliphatic rings. The van der Waals surface area contributed by atoms with Crippen LogP contribution >= 0.6 is 0 Å². The molecule has 106 valence electrons. The van der Waals surface area contributed by atoms with Gasteiger partial charge >= 0.3 is 0 Å². The molecule has 1 N–H and O–H groups in total. The zero-order chi connectivity index (χ0) is 14.6. The number of nitro benzene ring substituents is 1. The molecule has 0 saturated carbocycles. The van der Waals surface area contributed by atoms with Crippen LogP contribution in [-0.2, 0) is 0 Å². The summed E-state index contributed by atoms with van der Waals surface area (Å²) in [6, 6.07) is 4.67. The van der Waals surface area contributed by atoms with Gasteiger partial charge in [0.25, 0.3) is 5.69 Å².